The number of alkyl carbamates (subject to hydrolysis) is 1. The second kappa shape index (κ2) is 8.12. The standard InChI is InChI=1S/C17H21N3O3/c1-3-4-11-20-15-10-6-5-8-13(15)19-14(16(20)21)9-7-12-23-17(22)18-2/h3-6,8,10H,7,9,11-12H2,1-2H3,(H,18,22). The highest BCUT2D eigenvalue weighted by molar-refractivity contribution is 5.74. The van der Waals surface area contributed by atoms with Crippen molar-refractivity contribution in [2.24, 2.45) is 0 Å². The Bertz CT molecular complexity index is 765. The number of nitrogens with zero attached hydrogens (tertiary/aromatic N) is 2. The molecule has 0 atom stereocenters. The van der Waals surface area contributed by atoms with Crippen molar-refractivity contribution in [3.05, 3.63) is 52.5 Å². The van der Waals surface area contributed by atoms with Crippen molar-refractivity contribution >= 4 is 17.1 Å². The zero-order chi connectivity index (χ0) is 16.7. The first-order valence-electron chi connectivity index (χ1n) is 7.61. The summed E-state index contributed by atoms with van der Waals surface area (Å²) in [6.07, 6.45) is 4.40. The number of para-hydroxylation sites is 2. The fourth-order valence-corrected chi connectivity index (χ4v) is 2.28. The molecule has 0 spiro atoms. The molecule has 0 aliphatic carbocycles. The Hall–Kier alpha value is -2.63. The maximum atomic E-state index is 12.6. The highest BCUT2D eigenvalue weighted by Crippen LogP contribution is 2.11. The van der Waals surface area contributed by atoms with E-state index in [9.17, 15) is 9.59 Å². The number of fused-ring (bicyclic) bond motifs is 1. The van der Waals surface area contributed by atoms with Gasteiger partial charge in [-0.1, -0.05) is 24.3 Å². The van der Waals surface area contributed by atoms with E-state index in [-0.39, 0.29) is 12.2 Å². The van der Waals surface area contributed by atoms with Crippen LogP contribution in [0.2, 0.25) is 0 Å². The second-order valence-corrected chi connectivity index (χ2v) is 5.02. The molecule has 1 aromatic carbocycles. The fourth-order valence-electron chi connectivity index (χ4n) is 2.28. The Balaban J connectivity index is 2.24. The van der Waals surface area contributed by atoms with Crippen LogP contribution in [-0.2, 0) is 17.7 Å². The van der Waals surface area contributed by atoms with Crippen molar-refractivity contribution in [1.82, 2.24) is 14.9 Å². The number of nitrogens with one attached hydrogen (secondary N) is 1. The van der Waals surface area contributed by atoms with Crippen LogP contribution in [0.4, 0.5) is 4.79 Å². The topological polar surface area (TPSA) is 73.2 Å². The van der Waals surface area contributed by atoms with Gasteiger partial charge < -0.3 is 14.6 Å². The number of benzene rings is 1. The number of allylic oxidation sites excluding steroid dienone is 2. The molecule has 0 aliphatic heterocycles. The van der Waals surface area contributed by atoms with Crippen LogP contribution in [0.5, 0.6) is 0 Å². The summed E-state index contributed by atoms with van der Waals surface area (Å²) in [5.41, 5.74) is 2.01. The summed E-state index contributed by atoms with van der Waals surface area (Å²) >= 11 is 0. The normalized spacial score (nSPS) is 11.0. The number of hydrogen-bond donors (Lipinski definition) is 1. The lowest BCUT2D eigenvalue weighted by Gasteiger charge is -2.10. The van der Waals surface area contributed by atoms with E-state index in [2.05, 4.69) is 10.3 Å². The summed E-state index contributed by atoms with van der Waals surface area (Å²) in [5.74, 6) is 0. The minimum Gasteiger partial charge on any atom is -0.450 e. The molecular weight excluding hydrogens is 294 g/mol. The minimum atomic E-state index is -0.470. The van der Waals surface area contributed by atoms with Crippen LogP contribution < -0.4 is 10.9 Å². The van der Waals surface area contributed by atoms with Crippen molar-refractivity contribution in [2.75, 3.05) is 13.7 Å². The third kappa shape index (κ3) is 4.18. The zero-order valence-electron chi connectivity index (χ0n) is 13.4. The van der Waals surface area contributed by atoms with Gasteiger partial charge >= 0.3 is 6.09 Å². The maximum absolute atomic E-state index is 12.6. The fraction of sp³-hybridized carbons (Fsp3) is 0.353. The summed E-state index contributed by atoms with van der Waals surface area (Å²) in [5, 5.41) is 2.38. The van der Waals surface area contributed by atoms with Crippen molar-refractivity contribution in [2.45, 2.75) is 26.3 Å². The molecule has 0 unspecified atom stereocenters. The molecule has 1 N–H and O–H groups in total. The number of amides is 1. The monoisotopic (exact) mass is 315 g/mol. The van der Waals surface area contributed by atoms with Crippen LogP contribution in [0.1, 0.15) is 19.0 Å². The maximum Gasteiger partial charge on any atom is 0.406 e. The van der Waals surface area contributed by atoms with Crippen molar-refractivity contribution in [1.29, 1.82) is 0 Å². The third-order valence-electron chi connectivity index (χ3n) is 3.44. The predicted octanol–water partition coefficient (Wildman–Crippen LogP) is 2.26. The van der Waals surface area contributed by atoms with Crippen LogP contribution in [0.25, 0.3) is 11.0 Å². The van der Waals surface area contributed by atoms with Crippen molar-refractivity contribution in [3.63, 3.8) is 0 Å². The van der Waals surface area contributed by atoms with Gasteiger partial charge in [-0.25, -0.2) is 9.78 Å². The van der Waals surface area contributed by atoms with Crippen molar-refractivity contribution < 1.29 is 9.53 Å². The Morgan fingerprint density at radius 1 is 1.39 bits per heavy atom. The Kier molecular flexibility index (Phi) is 5.91. The smallest absolute Gasteiger partial charge is 0.406 e. The molecule has 2 rings (SSSR count). The molecular formula is C17H21N3O3. The van der Waals surface area contributed by atoms with Crippen LogP contribution in [-0.4, -0.2) is 29.3 Å². The van der Waals surface area contributed by atoms with Crippen molar-refractivity contribution in [3.8, 4) is 0 Å². The predicted molar refractivity (Wildman–Crippen MR) is 89.5 cm³/mol. The van der Waals surface area contributed by atoms with Crippen LogP contribution in [0, 0.1) is 0 Å². The van der Waals surface area contributed by atoms with Crippen LogP contribution in [0.15, 0.2) is 41.2 Å². The van der Waals surface area contributed by atoms with Gasteiger partial charge in [0, 0.05) is 13.6 Å². The average Bonchev–Trinajstić information content (AvgIpc) is 2.58. The first kappa shape index (κ1) is 16.7. The Morgan fingerprint density at radius 3 is 2.91 bits per heavy atom. The lowest BCUT2D eigenvalue weighted by Crippen LogP contribution is -2.26. The van der Waals surface area contributed by atoms with E-state index in [1.54, 1.807) is 4.57 Å². The summed E-state index contributed by atoms with van der Waals surface area (Å²) in [6.45, 7) is 2.69. The highest BCUT2D eigenvalue weighted by Gasteiger charge is 2.10. The number of rotatable bonds is 6. The van der Waals surface area contributed by atoms with E-state index < -0.39 is 6.09 Å². The molecule has 23 heavy (non-hydrogen) atoms. The molecule has 6 nitrogen and oxygen atoms in total. The first-order chi connectivity index (χ1) is 11.2. The summed E-state index contributed by atoms with van der Waals surface area (Å²) in [7, 11) is 1.51. The van der Waals surface area contributed by atoms with E-state index in [1.165, 1.54) is 7.05 Å². The molecule has 0 saturated carbocycles. The molecule has 1 amide bonds. The van der Waals surface area contributed by atoms with Gasteiger partial charge in [-0.15, -0.1) is 0 Å². The Labute approximate surface area is 134 Å². The SMILES string of the molecule is CC=CCn1c(=O)c(CCCOC(=O)NC)nc2ccccc21. The third-order valence-corrected chi connectivity index (χ3v) is 3.44. The van der Waals surface area contributed by atoms with E-state index in [1.807, 2.05) is 43.3 Å². The molecule has 6 heteroatoms. The summed E-state index contributed by atoms with van der Waals surface area (Å²) < 4.78 is 6.66. The molecule has 0 saturated heterocycles. The number of hydrogen-bond acceptors (Lipinski definition) is 4. The van der Waals surface area contributed by atoms with E-state index in [4.69, 9.17) is 4.74 Å². The molecule has 0 aliphatic rings. The van der Waals surface area contributed by atoms with Crippen LogP contribution >= 0.6 is 0 Å². The Morgan fingerprint density at radius 2 is 2.17 bits per heavy atom. The van der Waals surface area contributed by atoms with Gasteiger partial charge in [0.1, 0.15) is 5.69 Å². The number of ether oxygens (including phenoxy) is 1. The van der Waals surface area contributed by atoms with Gasteiger partial charge in [-0.3, -0.25) is 4.79 Å². The van der Waals surface area contributed by atoms with Gasteiger partial charge in [0.25, 0.3) is 5.56 Å². The first-order valence-corrected chi connectivity index (χ1v) is 7.61. The van der Waals surface area contributed by atoms with Gasteiger partial charge in [0.15, 0.2) is 0 Å². The minimum absolute atomic E-state index is 0.0956. The molecule has 122 valence electrons. The summed E-state index contributed by atoms with van der Waals surface area (Å²) in [6, 6.07) is 7.59. The molecule has 0 fully saturated rings. The van der Waals surface area contributed by atoms with Gasteiger partial charge in [0.2, 0.25) is 0 Å². The molecule has 0 radical (unpaired) electrons. The van der Waals surface area contributed by atoms with Gasteiger partial charge in [0.05, 0.1) is 17.6 Å². The van der Waals surface area contributed by atoms with E-state index in [0.29, 0.717) is 25.1 Å². The number of carbonyl (C=O) groups is 1. The molecule has 0 bridgehead atoms. The lowest BCUT2D eigenvalue weighted by atomic mass is 10.2. The number of carbonyl (C=O) groups excluding carboxylic acids is 1. The molecule has 1 heterocycles. The highest BCUT2D eigenvalue weighted by atomic mass is 16.5. The lowest BCUT2D eigenvalue weighted by molar-refractivity contribution is 0.147. The van der Waals surface area contributed by atoms with Crippen LogP contribution in [0.3, 0.4) is 0 Å². The number of aryl methyl sites for hydroxylation is 1. The number of aromatic nitrogens is 2. The van der Waals surface area contributed by atoms with Gasteiger partial charge in [-0.05, 0) is 31.9 Å². The second-order valence-electron chi connectivity index (χ2n) is 5.02. The van der Waals surface area contributed by atoms with Gasteiger partial charge in [-0.2, -0.15) is 0 Å². The summed E-state index contributed by atoms with van der Waals surface area (Å²) in [4.78, 5) is 28.1. The largest absolute Gasteiger partial charge is 0.450 e. The molecule has 2 aromatic rings. The quantitative estimate of drug-likeness (QED) is 0.655. The molecule has 1 aromatic heterocycles. The van der Waals surface area contributed by atoms with E-state index in [0.717, 1.165) is 11.0 Å². The van der Waals surface area contributed by atoms with E-state index >= 15 is 0 Å². The zero-order valence-corrected chi connectivity index (χ0v) is 13.4. The average molecular weight is 315 g/mol.